The van der Waals surface area contributed by atoms with Crippen molar-refractivity contribution in [3.05, 3.63) is 11.4 Å². The number of esters is 1. The quantitative estimate of drug-likeness (QED) is 0.475. The highest BCUT2D eigenvalue weighted by Crippen LogP contribution is 2.08. The average molecular weight is 169 g/mol. The summed E-state index contributed by atoms with van der Waals surface area (Å²) in [6.45, 7) is 12.5. The van der Waals surface area contributed by atoms with Gasteiger partial charge in [-0.3, -0.25) is 4.79 Å². The second-order valence-corrected chi connectivity index (χ2v) is 3.22. The highest BCUT2D eigenvalue weighted by Gasteiger charge is 2.15. The van der Waals surface area contributed by atoms with Crippen molar-refractivity contribution in [1.29, 1.82) is 0 Å². The molecule has 0 fully saturated rings. The fourth-order valence-electron chi connectivity index (χ4n) is 0.916. The molecule has 0 bridgehead atoms. The number of carbonyl (C=O) groups excluding carboxylic acids is 1. The molecular weight excluding hydrogens is 154 g/mol. The van der Waals surface area contributed by atoms with Crippen molar-refractivity contribution in [1.82, 2.24) is 0 Å². The second-order valence-electron chi connectivity index (χ2n) is 3.22. The molecule has 0 aliphatic carbocycles. The molecule has 0 N–H and O–H groups in total. The third kappa shape index (κ3) is 5.72. The molecule has 0 heterocycles. The number of ether oxygens (including phenoxy) is 1. The van der Waals surface area contributed by atoms with Crippen LogP contribution in [-0.2, 0) is 9.53 Å². The Labute approximate surface area is 73.5 Å². The number of nitrogens with zero attached hydrogens (tertiary/aromatic N) is 1. The van der Waals surface area contributed by atoms with Gasteiger partial charge in [0.25, 0.3) is 6.04 Å². The summed E-state index contributed by atoms with van der Waals surface area (Å²) in [5.74, 6) is 0.159. The first-order chi connectivity index (χ1) is 5.56. The molecule has 3 nitrogen and oxygen atoms in total. The van der Waals surface area contributed by atoms with Crippen LogP contribution in [0, 0.1) is 12.5 Å². The molecule has 0 amide bonds. The average Bonchev–Trinajstić information content (AvgIpc) is 1.97. The van der Waals surface area contributed by atoms with Gasteiger partial charge in [0.2, 0.25) is 0 Å². The number of hydrogen-bond donors (Lipinski definition) is 0. The van der Waals surface area contributed by atoms with Crippen LogP contribution in [0.25, 0.3) is 4.85 Å². The summed E-state index contributed by atoms with van der Waals surface area (Å²) in [7, 11) is 0. The van der Waals surface area contributed by atoms with Gasteiger partial charge in [0.1, 0.15) is 0 Å². The van der Waals surface area contributed by atoms with Gasteiger partial charge in [-0.1, -0.05) is 13.8 Å². The molecule has 0 aromatic heterocycles. The molecule has 0 rings (SSSR count). The number of hydrogen-bond acceptors (Lipinski definition) is 2. The third-order valence-corrected chi connectivity index (χ3v) is 1.41. The van der Waals surface area contributed by atoms with Gasteiger partial charge in [-0.2, -0.15) is 0 Å². The lowest BCUT2D eigenvalue weighted by Gasteiger charge is -2.07. The fraction of sp³-hybridized carbons (Fsp3) is 0.778. The molecule has 0 aromatic rings. The van der Waals surface area contributed by atoms with E-state index in [1.165, 1.54) is 6.92 Å². The lowest BCUT2D eigenvalue weighted by Crippen LogP contribution is -2.16. The highest BCUT2D eigenvalue weighted by atomic mass is 16.5. The Hall–Kier alpha value is -1.04. The summed E-state index contributed by atoms with van der Waals surface area (Å²) >= 11 is 0. The van der Waals surface area contributed by atoms with Crippen LogP contribution >= 0.6 is 0 Å². The van der Waals surface area contributed by atoms with Crippen LogP contribution in [0.2, 0.25) is 0 Å². The zero-order valence-corrected chi connectivity index (χ0v) is 7.83. The normalized spacial score (nSPS) is 12.2. The fourth-order valence-corrected chi connectivity index (χ4v) is 0.916. The van der Waals surface area contributed by atoms with Gasteiger partial charge in [0.05, 0.1) is 0 Å². The summed E-state index contributed by atoms with van der Waals surface area (Å²) in [5, 5.41) is 0. The largest absolute Gasteiger partial charge is 0.458 e. The summed E-state index contributed by atoms with van der Waals surface area (Å²) < 4.78 is 4.74. The van der Waals surface area contributed by atoms with E-state index in [1.807, 2.05) is 13.8 Å². The van der Waals surface area contributed by atoms with E-state index in [0.717, 1.165) is 6.42 Å². The van der Waals surface area contributed by atoms with Crippen molar-refractivity contribution in [3.63, 3.8) is 0 Å². The third-order valence-electron chi connectivity index (χ3n) is 1.41. The zero-order chi connectivity index (χ0) is 9.56. The second kappa shape index (κ2) is 5.59. The van der Waals surface area contributed by atoms with E-state index in [0.29, 0.717) is 5.92 Å². The Morgan fingerprint density at radius 1 is 1.58 bits per heavy atom. The van der Waals surface area contributed by atoms with E-state index in [1.54, 1.807) is 0 Å². The van der Waals surface area contributed by atoms with Gasteiger partial charge < -0.3 is 9.58 Å². The summed E-state index contributed by atoms with van der Waals surface area (Å²) in [6.07, 6.45) is 0.788. The Morgan fingerprint density at radius 3 is 2.50 bits per heavy atom. The minimum absolute atomic E-state index is 0.172. The zero-order valence-electron chi connectivity index (χ0n) is 7.83. The van der Waals surface area contributed by atoms with Gasteiger partial charge in [-0.25, -0.2) is 6.57 Å². The van der Waals surface area contributed by atoms with Gasteiger partial charge in [0.15, 0.2) is 6.61 Å². The molecule has 0 aliphatic heterocycles. The van der Waals surface area contributed by atoms with Crippen molar-refractivity contribution in [3.8, 4) is 0 Å². The van der Waals surface area contributed by atoms with Gasteiger partial charge in [-0.05, 0) is 5.92 Å². The molecule has 1 unspecified atom stereocenters. The molecule has 0 saturated heterocycles. The van der Waals surface area contributed by atoms with E-state index in [4.69, 9.17) is 11.3 Å². The lowest BCUT2D eigenvalue weighted by molar-refractivity contribution is -0.141. The number of rotatable bonds is 4. The summed E-state index contributed by atoms with van der Waals surface area (Å²) in [4.78, 5) is 13.8. The van der Waals surface area contributed by atoms with Gasteiger partial charge >= 0.3 is 5.97 Å². The van der Waals surface area contributed by atoms with Gasteiger partial charge in [0, 0.05) is 13.3 Å². The van der Waals surface area contributed by atoms with E-state index in [2.05, 4.69) is 4.85 Å². The predicted octanol–water partition coefficient (Wildman–Crippen LogP) is 1.88. The Bertz CT molecular complexity index is 181. The Kier molecular flexibility index (Phi) is 5.11. The maximum Gasteiger partial charge on any atom is 0.302 e. The minimum Gasteiger partial charge on any atom is -0.458 e. The molecule has 0 radical (unpaired) electrons. The van der Waals surface area contributed by atoms with Crippen LogP contribution in [0.3, 0.4) is 0 Å². The minimum atomic E-state index is -0.313. The van der Waals surface area contributed by atoms with E-state index in [9.17, 15) is 4.79 Å². The maximum absolute atomic E-state index is 10.4. The summed E-state index contributed by atoms with van der Waals surface area (Å²) in [6, 6.07) is -0.172. The van der Waals surface area contributed by atoms with Crippen molar-refractivity contribution >= 4 is 5.97 Å². The van der Waals surface area contributed by atoms with Crippen molar-refractivity contribution in [2.75, 3.05) is 6.61 Å². The van der Waals surface area contributed by atoms with Crippen molar-refractivity contribution < 1.29 is 9.53 Å². The van der Waals surface area contributed by atoms with E-state index in [-0.39, 0.29) is 18.6 Å². The molecular formula is C9H15NO2. The maximum atomic E-state index is 10.4. The Morgan fingerprint density at radius 2 is 2.17 bits per heavy atom. The first kappa shape index (κ1) is 11.0. The molecule has 0 aromatic carbocycles. The van der Waals surface area contributed by atoms with Crippen LogP contribution in [0.5, 0.6) is 0 Å². The van der Waals surface area contributed by atoms with Crippen LogP contribution < -0.4 is 0 Å². The van der Waals surface area contributed by atoms with Gasteiger partial charge in [-0.15, -0.1) is 0 Å². The summed E-state index contributed by atoms with van der Waals surface area (Å²) in [5.41, 5.74) is 0. The molecule has 1 atom stereocenters. The first-order valence-electron chi connectivity index (χ1n) is 4.06. The molecule has 0 spiro atoms. The van der Waals surface area contributed by atoms with E-state index >= 15 is 0 Å². The molecule has 12 heavy (non-hydrogen) atoms. The smallest absolute Gasteiger partial charge is 0.302 e. The molecule has 3 heteroatoms. The molecule has 0 saturated carbocycles. The van der Waals surface area contributed by atoms with Crippen LogP contribution in [-0.4, -0.2) is 18.6 Å². The predicted molar refractivity (Wildman–Crippen MR) is 46.5 cm³/mol. The lowest BCUT2D eigenvalue weighted by atomic mass is 10.1. The first-order valence-corrected chi connectivity index (χ1v) is 4.06. The van der Waals surface area contributed by atoms with Crippen molar-refractivity contribution in [2.24, 2.45) is 5.92 Å². The number of carbonyl (C=O) groups is 1. The van der Waals surface area contributed by atoms with Crippen LogP contribution in [0.4, 0.5) is 0 Å². The topological polar surface area (TPSA) is 30.7 Å². The van der Waals surface area contributed by atoms with E-state index < -0.39 is 0 Å². The molecule has 68 valence electrons. The standard InChI is InChI=1S/C9H15NO2/c1-7(2)5-9(10-4)6-12-8(3)11/h7,9H,5-6H2,1-3H3. The monoisotopic (exact) mass is 169 g/mol. The van der Waals surface area contributed by atoms with Crippen molar-refractivity contribution in [2.45, 2.75) is 33.2 Å². The highest BCUT2D eigenvalue weighted by molar-refractivity contribution is 5.65. The van der Waals surface area contributed by atoms with Crippen LogP contribution in [0.15, 0.2) is 0 Å². The van der Waals surface area contributed by atoms with Crippen LogP contribution in [0.1, 0.15) is 27.2 Å². The SMILES string of the molecule is [C-]#[N+]C(COC(C)=O)CC(C)C. The molecule has 0 aliphatic rings. The Balaban J connectivity index is 3.70.